The third-order valence-electron chi connectivity index (χ3n) is 4.45. The monoisotopic (exact) mass is 327 g/mol. The molecule has 2 heteroatoms. The van der Waals surface area contributed by atoms with Crippen LogP contribution < -0.4 is 0 Å². The summed E-state index contributed by atoms with van der Waals surface area (Å²) in [5, 5.41) is 8.66. The molecule has 0 aliphatic heterocycles. The zero-order valence-corrected chi connectivity index (χ0v) is 16.0. The second-order valence-electron chi connectivity index (χ2n) is 7.22. The van der Waals surface area contributed by atoms with Crippen LogP contribution in [0.4, 0.5) is 0 Å². The van der Waals surface area contributed by atoms with Crippen LogP contribution in [0.5, 0.6) is 0 Å². The highest BCUT2D eigenvalue weighted by atomic mass is 16.3. The summed E-state index contributed by atoms with van der Waals surface area (Å²) in [6.07, 6.45) is 18.3. The Morgan fingerprint density at radius 1 is 1.17 bits per heavy atom. The molecule has 0 radical (unpaired) electrons. The minimum absolute atomic E-state index is 0.0974. The van der Waals surface area contributed by atoms with Gasteiger partial charge >= 0.3 is 0 Å². The first-order valence-electron chi connectivity index (χ1n) is 8.87. The highest BCUT2D eigenvalue weighted by Gasteiger charge is 2.26. The molecule has 0 fully saturated rings. The van der Waals surface area contributed by atoms with Gasteiger partial charge in [0.05, 0.1) is 13.2 Å². The van der Waals surface area contributed by atoms with Crippen molar-refractivity contribution in [2.24, 2.45) is 10.4 Å². The maximum Gasteiger partial charge on any atom is 0.0626 e. The summed E-state index contributed by atoms with van der Waals surface area (Å²) >= 11 is 0. The topological polar surface area (TPSA) is 32.6 Å². The second kappa shape index (κ2) is 10.2. The molecule has 24 heavy (non-hydrogen) atoms. The molecule has 0 heterocycles. The van der Waals surface area contributed by atoms with Gasteiger partial charge in [0.25, 0.3) is 0 Å². The molecule has 0 bridgehead atoms. The fourth-order valence-electron chi connectivity index (χ4n) is 2.99. The summed E-state index contributed by atoms with van der Waals surface area (Å²) in [7, 11) is 0. The summed E-state index contributed by atoms with van der Waals surface area (Å²) in [4.78, 5) is 4.06. The highest BCUT2D eigenvalue weighted by Crippen LogP contribution is 2.40. The third-order valence-corrected chi connectivity index (χ3v) is 4.45. The van der Waals surface area contributed by atoms with Crippen LogP contribution in [-0.2, 0) is 0 Å². The Morgan fingerprint density at radius 2 is 1.88 bits per heavy atom. The lowest BCUT2D eigenvalue weighted by Crippen LogP contribution is -2.19. The molecule has 132 valence electrons. The molecule has 0 amide bonds. The quantitative estimate of drug-likeness (QED) is 0.480. The van der Waals surface area contributed by atoms with Gasteiger partial charge in [-0.1, -0.05) is 55.4 Å². The van der Waals surface area contributed by atoms with Gasteiger partial charge in [-0.15, -0.1) is 0 Å². The molecule has 0 spiro atoms. The van der Waals surface area contributed by atoms with E-state index < -0.39 is 0 Å². The summed E-state index contributed by atoms with van der Waals surface area (Å²) in [5.74, 6) is 0. The van der Waals surface area contributed by atoms with E-state index in [1.54, 1.807) is 6.21 Å². The van der Waals surface area contributed by atoms with E-state index in [1.165, 1.54) is 36.0 Å². The number of hydrogen-bond donors (Lipinski definition) is 1. The molecular formula is C22H33NO. The fraction of sp³-hybridized carbons (Fsp3) is 0.500. The van der Waals surface area contributed by atoms with E-state index in [9.17, 15) is 0 Å². The third kappa shape index (κ3) is 7.27. The van der Waals surface area contributed by atoms with Crippen LogP contribution in [0.25, 0.3) is 0 Å². The van der Waals surface area contributed by atoms with Gasteiger partial charge in [-0.3, -0.25) is 4.99 Å². The van der Waals surface area contributed by atoms with E-state index in [4.69, 9.17) is 5.11 Å². The number of allylic oxidation sites excluding steroid dienone is 10. The molecule has 0 unspecified atom stereocenters. The van der Waals surface area contributed by atoms with Crippen molar-refractivity contribution in [3.8, 4) is 0 Å². The molecule has 0 aromatic heterocycles. The standard InChI is InChI=1S/C22H33NO/c1-18(8-6-9-19(2)13-15-23-16-17-24)11-12-21-20(3)10-7-14-22(21,4)5/h6,8-9,11-13,15,24H,7,10,14,16-17H2,1-5H3/b9-6+,12-11+,18-8+,19-13+,23-15+. The maximum absolute atomic E-state index is 8.66. The van der Waals surface area contributed by atoms with E-state index in [-0.39, 0.29) is 6.61 Å². The van der Waals surface area contributed by atoms with Crippen LogP contribution in [0.15, 0.2) is 63.7 Å². The molecule has 1 aliphatic rings. The zero-order valence-electron chi connectivity index (χ0n) is 16.0. The molecule has 1 N–H and O–H groups in total. The number of nitrogens with zero attached hydrogens (tertiary/aromatic N) is 1. The molecule has 1 rings (SSSR count). The van der Waals surface area contributed by atoms with Crippen LogP contribution in [-0.4, -0.2) is 24.5 Å². The molecular weight excluding hydrogens is 294 g/mol. The SMILES string of the molecule is CC1=C(/C=C/C(C)=C/C=C/C(C)=C/C=N/CCO)C(C)(C)CCC1. The first-order chi connectivity index (χ1) is 11.4. The Hall–Kier alpha value is -1.67. The van der Waals surface area contributed by atoms with Crippen LogP contribution in [0, 0.1) is 5.41 Å². The van der Waals surface area contributed by atoms with Crippen molar-refractivity contribution in [2.45, 2.75) is 53.9 Å². The van der Waals surface area contributed by atoms with Crippen molar-refractivity contribution in [1.29, 1.82) is 0 Å². The normalized spacial score (nSPS) is 20.1. The Labute approximate surface area is 148 Å². The minimum atomic E-state index is 0.0974. The lowest BCUT2D eigenvalue weighted by molar-refractivity contribution is 0.307. The lowest BCUT2D eigenvalue weighted by Gasteiger charge is -2.32. The van der Waals surface area contributed by atoms with Gasteiger partial charge in [-0.05, 0) is 62.7 Å². The van der Waals surface area contributed by atoms with Crippen molar-refractivity contribution in [3.05, 3.63) is 58.7 Å². The maximum atomic E-state index is 8.66. The van der Waals surface area contributed by atoms with Crippen LogP contribution >= 0.6 is 0 Å². The largest absolute Gasteiger partial charge is 0.394 e. The molecule has 2 nitrogen and oxygen atoms in total. The van der Waals surface area contributed by atoms with Gasteiger partial charge in [0, 0.05) is 6.21 Å². The molecule has 0 atom stereocenters. The van der Waals surface area contributed by atoms with Gasteiger partial charge in [0.15, 0.2) is 0 Å². The fourth-order valence-corrected chi connectivity index (χ4v) is 2.99. The van der Waals surface area contributed by atoms with Crippen LogP contribution in [0.2, 0.25) is 0 Å². The Bertz CT molecular complexity index is 583. The molecule has 0 aromatic rings. The zero-order chi connectivity index (χ0) is 18.0. The summed E-state index contributed by atoms with van der Waals surface area (Å²) in [6, 6.07) is 0. The van der Waals surface area contributed by atoms with Gasteiger partial charge in [0.1, 0.15) is 0 Å². The van der Waals surface area contributed by atoms with Crippen molar-refractivity contribution in [2.75, 3.05) is 13.2 Å². The first kappa shape index (κ1) is 20.4. The van der Waals surface area contributed by atoms with Crippen LogP contribution in [0.1, 0.15) is 53.9 Å². The predicted octanol–water partition coefficient (Wildman–Crippen LogP) is 5.58. The number of aliphatic imine (C=N–C) groups is 1. The average Bonchev–Trinajstić information content (AvgIpc) is 2.50. The summed E-state index contributed by atoms with van der Waals surface area (Å²) in [6.45, 7) is 11.7. The van der Waals surface area contributed by atoms with Gasteiger partial charge in [0.2, 0.25) is 0 Å². The first-order valence-corrected chi connectivity index (χ1v) is 8.87. The number of hydrogen-bond acceptors (Lipinski definition) is 2. The van der Waals surface area contributed by atoms with E-state index >= 15 is 0 Å². The van der Waals surface area contributed by atoms with Gasteiger partial charge in [-0.25, -0.2) is 0 Å². The summed E-state index contributed by atoms with van der Waals surface area (Å²) < 4.78 is 0. The van der Waals surface area contributed by atoms with Crippen molar-refractivity contribution < 1.29 is 5.11 Å². The Kier molecular flexibility index (Phi) is 8.70. The number of rotatable bonds is 7. The lowest BCUT2D eigenvalue weighted by atomic mass is 9.72. The van der Waals surface area contributed by atoms with E-state index in [1.807, 2.05) is 13.0 Å². The van der Waals surface area contributed by atoms with Crippen LogP contribution in [0.3, 0.4) is 0 Å². The van der Waals surface area contributed by atoms with Gasteiger partial charge in [-0.2, -0.15) is 0 Å². The molecule has 0 aromatic carbocycles. The predicted molar refractivity (Wildman–Crippen MR) is 107 cm³/mol. The number of aliphatic hydroxyl groups is 1. The molecule has 1 aliphatic carbocycles. The summed E-state index contributed by atoms with van der Waals surface area (Å²) in [5.41, 5.74) is 5.71. The second-order valence-corrected chi connectivity index (χ2v) is 7.22. The van der Waals surface area contributed by atoms with E-state index in [2.05, 4.69) is 63.1 Å². The number of aliphatic hydroxyl groups excluding tert-OH is 1. The molecule has 0 saturated carbocycles. The van der Waals surface area contributed by atoms with E-state index in [0.717, 1.165) is 5.57 Å². The van der Waals surface area contributed by atoms with Crippen molar-refractivity contribution in [1.82, 2.24) is 0 Å². The molecule has 0 saturated heterocycles. The Morgan fingerprint density at radius 3 is 2.54 bits per heavy atom. The average molecular weight is 328 g/mol. The smallest absolute Gasteiger partial charge is 0.0626 e. The van der Waals surface area contributed by atoms with Crippen molar-refractivity contribution in [3.63, 3.8) is 0 Å². The van der Waals surface area contributed by atoms with Gasteiger partial charge < -0.3 is 5.11 Å². The van der Waals surface area contributed by atoms with Crippen molar-refractivity contribution >= 4 is 6.21 Å². The minimum Gasteiger partial charge on any atom is -0.394 e. The van der Waals surface area contributed by atoms with E-state index in [0.29, 0.717) is 12.0 Å². The Balaban J connectivity index is 2.68. The highest BCUT2D eigenvalue weighted by molar-refractivity contribution is 5.72.